The van der Waals surface area contributed by atoms with E-state index in [-0.39, 0.29) is 4.90 Å². The summed E-state index contributed by atoms with van der Waals surface area (Å²) in [6.45, 7) is 7.64. The summed E-state index contributed by atoms with van der Waals surface area (Å²) in [4.78, 5) is 0.207. The summed E-state index contributed by atoms with van der Waals surface area (Å²) in [6.07, 6.45) is 0. The smallest absolute Gasteiger partial charge is 0.262 e. The first-order valence-corrected chi connectivity index (χ1v) is 10.9. The Labute approximate surface area is 176 Å². The van der Waals surface area contributed by atoms with Crippen LogP contribution in [0.1, 0.15) is 28.1 Å². The number of nitrogens with zero attached hydrogens (tertiary/aromatic N) is 2. The van der Waals surface area contributed by atoms with Gasteiger partial charge in [0.1, 0.15) is 5.75 Å². The Morgan fingerprint density at radius 1 is 1.10 bits per heavy atom. The molecule has 0 saturated heterocycles. The number of hydrogen-bond acceptors (Lipinski definition) is 4. The van der Waals surface area contributed by atoms with Crippen LogP contribution in [-0.4, -0.2) is 25.3 Å². The molecule has 0 aliphatic carbocycles. The van der Waals surface area contributed by atoms with Gasteiger partial charge in [-0.3, -0.25) is 9.40 Å². The highest BCUT2D eigenvalue weighted by Gasteiger charge is 2.22. The van der Waals surface area contributed by atoms with Crippen molar-refractivity contribution in [3.8, 4) is 5.75 Å². The highest BCUT2D eigenvalue weighted by atomic mass is 35.5. The van der Waals surface area contributed by atoms with Gasteiger partial charge in [-0.25, -0.2) is 8.42 Å². The van der Waals surface area contributed by atoms with E-state index in [0.29, 0.717) is 34.1 Å². The molecule has 0 spiro atoms. The summed E-state index contributed by atoms with van der Waals surface area (Å²) in [6, 6.07) is 10.9. The Balaban J connectivity index is 1.93. The third kappa shape index (κ3) is 4.41. The van der Waals surface area contributed by atoms with Crippen molar-refractivity contribution in [1.29, 1.82) is 0 Å². The standard InChI is InChI=1S/C21H24ClN3O3S/c1-13-10-20(14(2)9-19(13)22)29(26,27)24-21-15(3)23-25(16(21)4)12-17-7-6-8-18(11-17)28-5/h6-11,24H,12H2,1-5H3. The van der Waals surface area contributed by atoms with Gasteiger partial charge >= 0.3 is 0 Å². The summed E-state index contributed by atoms with van der Waals surface area (Å²) < 4.78 is 35.8. The van der Waals surface area contributed by atoms with Crippen LogP contribution in [0.4, 0.5) is 5.69 Å². The van der Waals surface area contributed by atoms with Gasteiger partial charge in [0.25, 0.3) is 10.0 Å². The second-order valence-corrected chi connectivity index (χ2v) is 9.09. The van der Waals surface area contributed by atoms with E-state index in [0.717, 1.165) is 17.0 Å². The molecular weight excluding hydrogens is 410 g/mol. The van der Waals surface area contributed by atoms with Crippen LogP contribution in [0.3, 0.4) is 0 Å². The molecule has 154 valence electrons. The molecule has 0 bridgehead atoms. The van der Waals surface area contributed by atoms with Gasteiger partial charge in [-0.2, -0.15) is 5.10 Å². The van der Waals surface area contributed by atoms with E-state index >= 15 is 0 Å². The highest BCUT2D eigenvalue weighted by Crippen LogP contribution is 2.28. The van der Waals surface area contributed by atoms with Crippen molar-refractivity contribution in [3.05, 3.63) is 69.5 Å². The lowest BCUT2D eigenvalue weighted by Gasteiger charge is -2.13. The Kier molecular flexibility index (Phi) is 5.91. The molecule has 0 radical (unpaired) electrons. The monoisotopic (exact) mass is 433 g/mol. The average molecular weight is 434 g/mol. The Morgan fingerprint density at radius 3 is 2.52 bits per heavy atom. The molecule has 1 heterocycles. The maximum Gasteiger partial charge on any atom is 0.262 e. The second kappa shape index (κ2) is 8.08. The normalized spacial score (nSPS) is 11.5. The minimum atomic E-state index is -3.78. The van der Waals surface area contributed by atoms with Crippen LogP contribution in [-0.2, 0) is 16.6 Å². The molecule has 0 aliphatic heterocycles. The van der Waals surface area contributed by atoms with E-state index in [4.69, 9.17) is 16.3 Å². The Morgan fingerprint density at radius 2 is 1.83 bits per heavy atom. The fraction of sp³-hybridized carbons (Fsp3) is 0.286. The van der Waals surface area contributed by atoms with Crippen LogP contribution in [0, 0.1) is 27.7 Å². The molecule has 29 heavy (non-hydrogen) atoms. The van der Waals surface area contributed by atoms with Gasteiger partial charge in [0.15, 0.2) is 0 Å². The number of rotatable bonds is 6. The molecule has 1 N–H and O–H groups in total. The van der Waals surface area contributed by atoms with Gasteiger partial charge < -0.3 is 4.74 Å². The van der Waals surface area contributed by atoms with Crippen LogP contribution >= 0.6 is 11.6 Å². The number of benzene rings is 2. The van der Waals surface area contributed by atoms with Crippen molar-refractivity contribution in [2.45, 2.75) is 39.1 Å². The zero-order valence-electron chi connectivity index (χ0n) is 17.1. The molecule has 2 aromatic carbocycles. The number of halogens is 1. The molecule has 3 rings (SSSR count). The van der Waals surface area contributed by atoms with Gasteiger partial charge in [0.05, 0.1) is 35.6 Å². The van der Waals surface area contributed by atoms with Crippen molar-refractivity contribution < 1.29 is 13.2 Å². The summed E-state index contributed by atoms with van der Waals surface area (Å²) in [5.74, 6) is 0.763. The average Bonchev–Trinajstić information content (AvgIpc) is 2.91. The first kappa shape index (κ1) is 21.2. The number of ether oxygens (including phenoxy) is 1. The fourth-order valence-electron chi connectivity index (χ4n) is 3.18. The van der Waals surface area contributed by atoms with Crippen molar-refractivity contribution in [2.24, 2.45) is 0 Å². The molecule has 0 amide bonds. The minimum Gasteiger partial charge on any atom is -0.497 e. The summed E-state index contributed by atoms with van der Waals surface area (Å²) in [5, 5.41) is 5.06. The summed E-state index contributed by atoms with van der Waals surface area (Å²) in [5.41, 5.74) is 4.13. The molecular formula is C21H24ClN3O3S. The molecule has 0 saturated carbocycles. The van der Waals surface area contributed by atoms with Crippen LogP contribution in [0.25, 0.3) is 0 Å². The second-order valence-electron chi connectivity index (χ2n) is 7.03. The number of anilines is 1. The van der Waals surface area contributed by atoms with Gasteiger partial charge in [-0.1, -0.05) is 23.7 Å². The molecule has 3 aromatic rings. The van der Waals surface area contributed by atoms with Crippen LogP contribution in [0.5, 0.6) is 5.75 Å². The summed E-state index contributed by atoms with van der Waals surface area (Å²) >= 11 is 6.11. The Hall–Kier alpha value is -2.51. The number of nitrogens with one attached hydrogen (secondary N) is 1. The molecule has 1 aromatic heterocycles. The third-order valence-electron chi connectivity index (χ3n) is 4.83. The van der Waals surface area contributed by atoms with E-state index < -0.39 is 10.0 Å². The van der Waals surface area contributed by atoms with E-state index in [1.54, 1.807) is 44.7 Å². The third-order valence-corrected chi connectivity index (χ3v) is 6.73. The highest BCUT2D eigenvalue weighted by molar-refractivity contribution is 7.92. The predicted octanol–water partition coefficient (Wildman–Crippen LogP) is 4.63. The van der Waals surface area contributed by atoms with Crippen LogP contribution < -0.4 is 9.46 Å². The van der Waals surface area contributed by atoms with Crippen LogP contribution in [0.15, 0.2) is 41.3 Å². The Bertz CT molecular complexity index is 1170. The SMILES string of the molecule is COc1cccc(Cn2nc(C)c(NS(=O)(=O)c3cc(C)c(Cl)cc3C)c2C)c1. The largest absolute Gasteiger partial charge is 0.497 e. The molecule has 0 fully saturated rings. The zero-order chi connectivity index (χ0) is 21.3. The van der Waals surface area contributed by atoms with Gasteiger partial charge in [-0.05, 0) is 68.7 Å². The summed E-state index contributed by atoms with van der Waals surface area (Å²) in [7, 11) is -2.16. The first-order chi connectivity index (χ1) is 13.6. The van der Waals surface area contributed by atoms with E-state index in [2.05, 4.69) is 9.82 Å². The zero-order valence-corrected chi connectivity index (χ0v) is 18.6. The van der Waals surface area contributed by atoms with Gasteiger partial charge in [0.2, 0.25) is 0 Å². The molecule has 0 atom stereocenters. The van der Waals surface area contributed by atoms with Gasteiger partial charge in [-0.15, -0.1) is 0 Å². The number of aryl methyl sites for hydroxylation is 3. The molecule has 0 unspecified atom stereocenters. The minimum absolute atomic E-state index is 0.207. The first-order valence-electron chi connectivity index (χ1n) is 9.09. The van der Waals surface area contributed by atoms with Crippen LogP contribution in [0.2, 0.25) is 5.02 Å². The molecule has 8 heteroatoms. The number of methoxy groups -OCH3 is 1. The number of hydrogen-bond donors (Lipinski definition) is 1. The van der Waals surface area contributed by atoms with Crippen molar-refractivity contribution in [1.82, 2.24) is 9.78 Å². The lowest BCUT2D eigenvalue weighted by atomic mass is 10.2. The van der Waals surface area contributed by atoms with Crippen molar-refractivity contribution in [2.75, 3.05) is 11.8 Å². The lowest BCUT2D eigenvalue weighted by molar-refractivity contribution is 0.414. The number of aromatic nitrogens is 2. The van der Waals surface area contributed by atoms with E-state index in [9.17, 15) is 8.42 Å². The van der Waals surface area contributed by atoms with Gasteiger partial charge in [0, 0.05) is 5.02 Å². The van der Waals surface area contributed by atoms with E-state index in [1.165, 1.54) is 0 Å². The topological polar surface area (TPSA) is 73.2 Å². The van der Waals surface area contributed by atoms with Crippen molar-refractivity contribution in [3.63, 3.8) is 0 Å². The quantitative estimate of drug-likeness (QED) is 0.615. The predicted molar refractivity (Wildman–Crippen MR) is 116 cm³/mol. The lowest BCUT2D eigenvalue weighted by Crippen LogP contribution is -2.16. The maximum absolute atomic E-state index is 13.0. The molecule has 0 aliphatic rings. The molecule has 6 nitrogen and oxygen atoms in total. The van der Waals surface area contributed by atoms with E-state index in [1.807, 2.05) is 31.2 Å². The number of sulfonamides is 1. The van der Waals surface area contributed by atoms with Crippen molar-refractivity contribution >= 4 is 27.3 Å². The maximum atomic E-state index is 13.0. The fourth-order valence-corrected chi connectivity index (χ4v) is 4.88.